The molecule has 52 heavy (non-hydrogen) atoms. The number of fused-ring (bicyclic) bond motifs is 4. The molecule has 0 unspecified atom stereocenters. The van der Waals surface area contributed by atoms with Crippen LogP contribution in [0.5, 0.6) is 5.75 Å². The van der Waals surface area contributed by atoms with E-state index in [1.807, 2.05) is 6.26 Å². The summed E-state index contributed by atoms with van der Waals surface area (Å²) in [7, 11) is -6.88. The summed E-state index contributed by atoms with van der Waals surface area (Å²) in [5, 5.41) is 15.7. The van der Waals surface area contributed by atoms with Crippen LogP contribution in [0.3, 0.4) is 0 Å². The van der Waals surface area contributed by atoms with Gasteiger partial charge < -0.3 is 19.9 Å². The van der Waals surface area contributed by atoms with Gasteiger partial charge in [0.25, 0.3) is 6.26 Å². The molecular formula is C38H54N6O6S2. The number of anilines is 1. The van der Waals surface area contributed by atoms with Gasteiger partial charge in [0.1, 0.15) is 16.2 Å². The molecule has 12 nitrogen and oxygen atoms in total. The Balaban J connectivity index is 0.000000150. The summed E-state index contributed by atoms with van der Waals surface area (Å²) < 4.78 is 53.7. The predicted molar refractivity (Wildman–Crippen MR) is 202 cm³/mol. The molecule has 2 heterocycles. The third-order valence-electron chi connectivity index (χ3n) is 11.3. The van der Waals surface area contributed by atoms with Gasteiger partial charge >= 0.3 is 6.03 Å². The normalized spacial score (nSPS) is 19.3. The van der Waals surface area contributed by atoms with Crippen LogP contribution in [0.25, 0.3) is 0 Å². The van der Waals surface area contributed by atoms with Crippen LogP contribution in [-0.2, 0) is 71.4 Å². The van der Waals surface area contributed by atoms with Crippen molar-refractivity contribution in [1.29, 1.82) is 5.26 Å². The van der Waals surface area contributed by atoms with Crippen LogP contribution in [0.4, 0.5) is 10.5 Å². The summed E-state index contributed by atoms with van der Waals surface area (Å²) >= 11 is 0. The summed E-state index contributed by atoms with van der Waals surface area (Å²) in [5.74, 6) is 0.903. The van der Waals surface area contributed by atoms with Crippen molar-refractivity contribution >= 4 is 31.8 Å². The summed E-state index contributed by atoms with van der Waals surface area (Å²) in [5.41, 5.74) is 11.4. The number of amides is 2. The molecule has 0 radical (unpaired) electrons. The van der Waals surface area contributed by atoms with E-state index in [1.165, 1.54) is 57.3 Å². The Morgan fingerprint density at radius 2 is 1.17 bits per heavy atom. The van der Waals surface area contributed by atoms with Crippen molar-refractivity contribution in [3.8, 4) is 12.0 Å². The highest BCUT2D eigenvalue weighted by Crippen LogP contribution is 2.40. The lowest BCUT2D eigenvalue weighted by atomic mass is 9.99. The summed E-state index contributed by atoms with van der Waals surface area (Å²) in [6, 6.07) is 4.02. The van der Waals surface area contributed by atoms with Crippen molar-refractivity contribution in [1.82, 2.24) is 14.5 Å². The molecule has 8 rings (SSSR count). The van der Waals surface area contributed by atoms with Gasteiger partial charge in [-0.2, -0.15) is 0 Å². The number of benzene rings is 2. The number of rotatable bonds is 9. The first-order valence-electron chi connectivity index (χ1n) is 19.1. The maximum atomic E-state index is 12.5. The third-order valence-corrected chi connectivity index (χ3v) is 14.2. The minimum absolute atomic E-state index is 0.311. The third kappa shape index (κ3) is 8.60. The Hall–Kier alpha value is -3.22. The fourth-order valence-electron chi connectivity index (χ4n) is 8.70. The lowest BCUT2D eigenvalue weighted by Crippen LogP contribution is -2.58. The predicted octanol–water partition coefficient (Wildman–Crippen LogP) is 4.10. The maximum absolute atomic E-state index is 12.5. The molecule has 2 fully saturated rings. The molecule has 4 aliphatic carbocycles. The minimum Gasteiger partial charge on any atom is -0.387 e. The van der Waals surface area contributed by atoms with Gasteiger partial charge in [-0.3, -0.25) is 0 Å². The van der Waals surface area contributed by atoms with E-state index >= 15 is 0 Å². The highest BCUT2D eigenvalue weighted by Gasteiger charge is 2.38. The number of likely N-dealkylation sites (tertiary alicyclic amines) is 2. The van der Waals surface area contributed by atoms with E-state index in [0.29, 0.717) is 26.2 Å². The Morgan fingerprint density at radius 3 is 1.60 bits per heavy atom. The van der Waals surface area contributed by atoms with Gasteiger partial charge in [0.2, 0.25) is 20.0 Å². The second kappa shape index (κ2) is 16.4. The molecule has 2 saturated heterocycles. The monoisotopic (exact) mass is 754 g/mol. The number of ether oxygens (including phenoxy) is 1. The Morgan fingerprint density at radius 1 is 0.750 bits per heavy atom. The van der Waals surface area contributed by atoms with Crippen molar-refractivity contribution < 1.29 is 26.4 Å². The number of aryl methyl sites for hydroxylation is 4. The molecule has 6 aliphatic rings. The standard InChI is InChI=1S/C19H27N3O3S.C13H13NO.C6H14N2O2S/c1-2-9-22-11-15(12-22)26(24,25)21-19(23)20-18-16-7-3-5-13(16)10-14-6-4-8-17(14)18;14-8-15-13-11-5-1-3-9(11)7-10-4-2-6-12(10)13;1-2-3-8-4-6(5-8)11(7,9)10/h10,15H,2-9,11-12H2,1H3,(H2,20,21,23);7H,1-6H2;6H,2-5H2,1H3,(H2,7,9,10). The molecule has 284 valence electrons. The summed E-state index contributed by atoms with van der Waals surface area (Å²) in [6.45, 7) is 8.28. The van der Waals surface area contributed by atoms with E-state index in [4.69, 9.17) is 15.1 Å². The molecule has 14 heteroatoms. The second-order valence-corrected chi connectivity index (χ2v) is 18.9. The van der Waals surface area contributed by atoms with E-state index < -0.39 is 31.3 Å². The summed E-state index contributed by atoms with van der Waals surface area (Å²) in [4.78, 5) is 16.7. The number of nitriles is 1. The highest BCUT2D eigenvalue weighted by atomic mass is 32.2. The average Bonchev–Trinajstić information content (AvgIpc) is 3.87. The largest absolute Gasteiger partial charge is 0.387 e. The number of nitrogens with one attached hydrogen (secondary N) is 2. The first kappa shape index (κ1) is 38.5. The van der Waals surface area contributed by atoms with Gasteiger partial charge in [-0.25, -0.2) is 31.5 Å². The highest BCUT2D eigenvalue weighted by molar-refractivity contribution is 7.90. The first-order chi connectivity index (χ1) is 24.9. The fraction of sp³-hybridized carbons (Fsp3) is 0.632. The number of carbonyl (C=O) groups excluding carboxylic acids is 1. The number of carbonyl (C=O) groups is 1. The number of nitrogens with two attached hydrogens (primary N) is 1. The zero-order chi connectivity index (χ0) is 37.0. The molecule has 0 saturated carbocycles. The number of primary sulfonamides is 1. The van der Waals surface area contributed by atoms with Crippen LogP contribution >= 0.6 is 0 Å². The van der Waals surface area contributed by atoms with Gasteiger partial charge in [-0.05, 0) is 147 Å². The molecular weight excluding hydrogens is 701 g/mol. The Kier molecular flexibility index (Phi) is 12.2. The number of sulfonamides is 2. The number of hydrogen-bond donors (Lipinski definition) is 3. The van der Waals surface area contributed by atoms with Crippen LogP contribution in [0, 0.1) is 11.5 Å². The molecule has 0 atom stereocenters. The van der Waals surface area contributed by atoms with Gasteiger partial charge in [0.15, 0.2) is 0 Å². The zero-order valence-corrected chi connectivity index (χ0v) is 32.3. The van der Waals surface area contributed by atoms with Gasteiger partial charge in [0.05, 0.1) is 0 Å². The minimum atomic E-state index is -3.63. The van der Waals surface area contributed by atoms with Crippen LogP contribution in [0.15, 0.2) is 12.1 Å². The lowest BCUT2D eigenvalue weighted by molar-refractivity contribution is 0.184. The zero-order valence-electron chi connectivity index (χ0n) is 30.6. The van der Waals surface area contributed by atoms with Gasteiger partial charge in [-0.1, -0.05) is 26.0 Å². The average molecular weight is 755 g/mol. The second-order valence-electron chi connectivity index (χ2n) is 15.1. The molecule has 2 aromatic carbocycles. The van der Waals surface area contributed by atoms with E-state index in [2.05, 4.69) is 45.8 Å². The first-order valence-corrected chi connectivity index (χ1v) is 22.2. The van der Waals surface area contributed by atoms with E-state index in [0.717, 1.165) is 102 Å². The Labute approximate surface area is 309 Å². The van der Waals surface area contributed by atoms with Crippen LogP contribution in [0.1, 0.15) is 96.9 Å². The van der Waals surface area contributed by atoms with Gasteiger partial charge in [0, 0.05) is 31.9 Å². The molecule has 0 spiro atoms. The molecule has 4 N–H and O–H groups in total. The van der Waals surface area contributed by atoms with Crippen molar-refractivity contribution in [3.63, 3.8) is 0 Å². The van der Waals surface area contributed by atoms with E-state index in [9.17, 15) is 21.6 Å². The van der Waals surface area contributed by atoms with E-state index in [-0.39, 0.29) is 5.25 Å². The van der Waals surface area contributed by atoms with Crippen LogP contribution < -0.4 is 19.9 Å². The van der Waals surface area contributed by atoms with Crippen molar-refractivity contribution in [2.45, 2.75) is 114 Å². The van der Waals surface area contributed by atoms with E-state index in [1.54, 1.807) is 0 Å². The van der Waals surface area contributed by atoms with Crippen molar-refractivity contribution in [3.05, 3.63) is 56.6 Å². The van der Waals surface area contributed by atoms with Crippen molar-refractivity contribution in [2.75, 3.05) is 44.6 Å². The SMILES string of the molecule is CCCN1CC(S(=O)(=O)NC(=O)Nc2c3c(cc4c2CCC4)CCC3)C1.CCCN1CC(S(N)(=O)=O)C1.N#COc1c2c(cc3c1CCC3)CCC2. The Bertz CT molecular complexity index is 1850. The van der Waals surface area contributed by atoms with Crippen LogP contribution in [0.2, 0.25) is 0 Å². The quantitative estimate of drug-likeness (QED) is 0.319. The fourth-order valence-corrected chi connectivity index (χ4v) is 10.8. The van der Waals surface area contributed by atoms with Crippen molar-refractivity contribution in [2.24, 2.45) is 5.14 Å². The molecule has 2 aromatic rings. The molecule has 2 aliphatic heterocycles. The smallest absolute Gasteiger partial charge is 0.332 e. The van der Waals surface area contributed by atoms with Gasteiger partial charge in [-0.15, -0.1) is 5.26 Å². The maximum Gasteiger partial charge on any atom is 0.332 e. The lowest BCUT2D eigenvalue weighted by Gasteiger charge is -2.38. The summed E-state index contributed by atoms with van der Waals surface area (Å²) in [6.07, 6.45) is 17.0. The van der Waals surface area contributed by atoms with Crippen LogP contribution in [-0.4, -0.2) is 82.4 Å². The molecule has 2 amide bonds. The number of hydrogen-bond acceptors (Lipinski definition) is 9. The molecule has 0 bridgehead atoms. The number of nitrogens with zero attached hydrogens (tertiary/aromatic N) is 3. The topological polar surface area (TPSA) is 175 Å². The molecule has 0 aromatic heterocycles. The number of urea groups is 1.